The lowest BCUT2D eigenvalue weighted by Crippen LogP contribution is -2.37. The maximum Gasteiger partial charge on any atom is 0.243 e. The Hall–Kier alpha value is -3.55. The van der Waals surface area contributed by atoms with Gasteiger partial charge in [0.25, 0.3) is 0 Å². The molecule has 8 heteroatoms. The molecule has 0 saturated carbocycles. The van der Waals surface area contributed by atoms with Crippen molar-refractivity contribution >= 4 is 23.3 Å². The van der Waals surface area contributed by atoms with Crippen LogP contribution in [0.5, 0.6) is 0 Å². The summed E-state index contributed by atoms with van der Waals surface area (Å²) in [7, 11) is 1.59. The molecule has 0 saturated heterocycles. The van der Waals surface area contributed by atoms with Gasteiger partial charge in [-0.25, -0.2) is 0 Å². The number of anilines is 1. The molecule has 1 heterocycles. The highest BCUT2D eigenvalue weighted by Crippen LogP contribution is 2.19. The number of rotatable bonds is 4. The molecule has 0 spiro atoms. The van der Waals surface area contributed by atoms with E-state index in [0.717, 1.165) is 16.8 Å². The molecule has 1 aliphatic heterocycles. The molecule has 3 rings (SSSR count). The van der Waals surface area contributed by atoms with Crippen LogP contribution in [-0.2, 0) is 4.79 Å². The fourth-order valence-corrected chi connectivity index (χ4v) is 2.72. The Balaban J connectivity index is 1.75. The van der Waals surface area contributed by atoms with E-state index in [-0.39, 0.29) is 18.3 Å². The molecule has 0 aromatic heterocycles. The van der Waals surface area contributed by atoms with Gasteiger partial charge in [-0.1, -0.05) is 42.5 Å². The molecule has 0 unspecified atom stereocenters. The zero-order valence-electron chi connectivity index (χ0n) is 15.3. The van der Waals surface area contributed by atoms with Crippen molar-refractivity contribution in [2.75, 3.05) is 18.9 Å². The van der Waals surface area contributed by atoms with Gasteiger partial charge >= 0.3 is 0 Å². The average Bonchev–Trinajstić information content (AvgIpc) is 3.19. The van der Waals surface area contributed by atoms with Crippen LogP contribution in [0.15, 0.2) is 63.1 Å². The quantitative estimate of drug-likeness (QED) is 0.882. The number of nitrogens with zero attached hydrogens (tertiary/aromatic N) is 5. The van der Waals surface area contributed by atoms with E-state index in [4.69, 9.17) is 0 Å². The average molecular weight is 363 g/mol. The molecule has 8 nitrogen and oxygen atoms in total. The number of para-hydroxylation sites is 1. The van der Waals surface area contributed by atoms with Crippen LogP contribution >= 0.6 is 0 Å². The summed E-state index contributed by atoms with van der Waals surface area (Å²) in [6.07, 6.45) is 0. The monoisotopic (exact) mass is 363 g/mol. The molecule has 1 amide bonds. The standard InChI is InChI=1S/C19H20N6O2/c1-12-5-4-6-13(2)17(12)20-16(26)11-25(3)19(27)15-9-7-14(8-10-15)18-21-23-24-22-18/h4-10,27H,11H2,1-3H3,(H,20,26)/p-1. The number of carbonyl (C=O) groups is 1. The van der Waals surface area contributed by atoms with Gasteiger partial charge in [0, 0.05) is 18.0 Å². The summed E-state index contributed by atoms with van der Waals surface area (Å²) in [5.41, 5.74) is 2.74. The zero-order chi connectivity index (χ0) is 19.4. The molecule has 1 N–H and O–H groups in total. The Morgan fingerprint density at radius 3 is 2.22 bits per heavy atom. The van der Waals surface area contributed by atoms with E-state index in [1.54, 1.807) is 31.3 Å². The Morgan fingerprint density at radius 1 is 1.04 bits per heavy atom. The van der Waals surface area contributed by atoms with E-state index in [0.29, 0.717) is 16.3 Å². The van der Waals surface area contributed by atoms with Gasteiger partial charge in [-0.15, -0.1) is 10.2 Å². The van der Waals surface area contributed by atoms with Crippen LogP contribution in [0.3, 0.4) is 0 Å². The number of hydrogen-bond donors (Lipinski definition) is 1. The maximum atomic E-state index is 12.6. The third-order valence-corrected chi connectivity index (χ3v) is 4.18. The summed E-state index contributed by atoms with van der Waals surface area (Å²) < 4.78 is 0. The molecule has 27 heavy (non-hydrogen) atoms. The minimum absolute atomic E-state index is 0.0475. The topological polar surface area (TPSA) is 105 Å². The molecule has 2 aromatic carbocycles. The van der Waals surface area contributed by atoms with Crippen molar-refractivity contribution in [2.24, 2.45) is 20.7 Å². The molecule has 2 aromatic rings. The van der Waals surface area contributed by atoms with E-state index in [1.807, 2.05) is 32.0 Å². The van der Waals surface area contributed by atoms with Crippen LogP contribution in [0.2, 0.25) is 0 Å². The highest BCUT2D eigenvalue weighted by molar-refractivity contribution is 5.94. The lowest BCUT2D eigenvalue weighted by atomic mass is 10.1. The van der Waals surface area contributed by atoms with E-state index >= 15 is 0 Å². The molecular formula is C19H19N6O2-. The Labute approximate surface area is 156 Å². The van der Waals surface area contributed by atoms with Crippen LogP contribution < -0.4 is 20.9 Å². The van der Waals surface area contributed by atoms with E-state index in [2.05, 4.69) is 26.0 Å². The predicted octanol–water partition coefficient (Wildman–Crippen LogP) is 1.20. The number of likely N-dealkylation sites (N-methyl/N-ethyl adjacent to an activating group) is 1. The summed E-state index contributed by atoms with van der Waals surface area (Å²) in [6, 6.07) is 12.6. The van der Waals surface area contributed by atoms with Crippen molar-refractivity contribution in [3.63, 3.8) is 0 Å². The third-order valence-electron chi connectivity index (χ3n) is 4.18. The van der Waals surface area contributed by atoms with Crippen molar-refractivity contribution in [3.05, 3.63) is 64.0 Å². The largest absolute Gasteiger partial charge is 0.860 e. The molecule has 0 bridgehead atoms. The van der Waals surface area contributed by atoms with Crippen molar-refractivity contribution in [1.82, 2.24) is 4.90 Å². The van der Waals surface area contributed by atoms with E-state index < -0.39 is 0 Å². The van der Waals surface area contributed by atoms with Gasteiger partial charge < -0.3 is 15.3 Å². The predicted molar refractivity (Wildman–Crippen MR) is 99.4 cm³/mol. The van der Waals surface area contributed by atoms with Gasteiger partial charge in [-0.05, 0) is 46.5 Å². The molecular weight excluding hydrogens is 344 g/mol. The zero-order valence-corrected chi connectivity index (χ0v) is 15.3. The van der Waals surface area contributed by atoms with Gasteiger partial charge in [-0.3, -0.25) is 4.79 Å². The van der Waals surface area contributed by atoms with Crippen LogP contribution in [0.1, 0.15) is 11.1 Å². The van der Waals surface area contributed by atoms with Crippen molar-refractivity contribution < 1.29 is 9.90 Å². The fourth-order valence-electron chi connectivity index (χ4n) is 2.72. The summed E-state index contributed by atoms with van der Waals surface area (Å²) in [4.78, 5) is 13.7. The summed E-state index contributed by atoms with van der Waals surface area (Å²) in [6.45, 7) is 3.81. The third kappa shape index (κ3) is 4.17. The van der Waals surface area contributed by atoms with Gasteiger partial charge in [0.15, 0.2) is 0 Å². The Kier molecular flexibility index (Phi) is 5.25. The van der Waals surface area contributed by atoms with Gasteiger partial charge in [0.2, 0.25) is 11.7 Å². The first-order valence-electron chi connectivity index (χ1n) is 8.36. The smallest absolute Gasteiger partial charge is 0.243 e. The SMILES string of the molecule is Cc1cccc(C)c1NC(=O)CN(C)C([O-])=c1ccc(=C2N=NN=N2)cc1. The number of nitrogens with one attached hydrogen (secondary N) is 1. The second-order valence-electron chi connectivity index (χ2n) is 6.26. The van der Waals surface area contributed by atoms with E-state index in [1.165, 1.54) is 4.90 Å². The van der Waals surface area contributed by atoms with Crippen LogP contribution in [0.25, 0.3) is 11.7 Å². The molecule has 1 aliphatic rings. The Morgan fingerprint density at radius 2 is 1.63 bits per heavy atom. The summed E-state index contributed by atoms with van der Waals surface area (Å²) >= 11 is 0. The van der Waals surface area contributed by atoms with E-state index in [9.17, 15) is 9.90 Å². The number of benzene rings is 2. The first kappa shape index (κ1) is 18.2. The van der Waals surface area contributed by atoms with Crippen molar-refractivity contribution in [1.29, 1.82) is 0 Å². The van der Waals surface area contributed by atoms with Crippen LogP contribution in [0.4, 0.5) is 5.69 Å². The fraction of sp³-hybridized carbons (Fsp3) is 0.211. The molecule has 0 fully saturated rings. The van der Waals surface area contributed by atoms with Crippen molar-refractivity contribution in [3.8, 4) is 0 Å². The summed E-state index contributed by atoms with van der Waals surface area (Å²) in [5.74, 6) is -0.101. The minimum Gasteiger partial charge on any atom is -0.860 e. The van der Waals surface area contributed by atoms with Gasteiger partial charge in [0.05, 0.1) is 6.54 Å². The Bertz CT molecular complexity index is 1000. The molecule has 0 radical (unpaired) electrons. The molecule has 138 valence electrons. The maximum absolute atomic E-state index is 12.6. The van der Waals surface area contributed by atoms with Gasteiger partial charge in [0.1, 0.15) is 0 Å². The summed E-state index contributed by atoms with van der Waals surface area (Å²) in [5, 5.41) is 31.0. The van der Waals surface area contributed by atoms with Crippen LogP contribution in [-0.4, -0.2) is 24.4 Å². The first-order chi connectivity index (χ1) is 13.0. The van der Waals surface area contributed by atoms with Crippen molar-refractivity contribution in [2.45, 2.75) is 13.8 Å². The molecule has 0 atom stereocenters. The second-order valence-corrected chi connectivity index (χ2v) is 6.26. The first-order valence-corrected chi connectivity index (χ1v) is 8.36. The highest BCUT2D eigenvalue weighted by atomic mass is 16.3. The normalized spacial score (nSPS) is 12.3. The molecule has 0 aliphatic carbocycles. The number of hydrogen-bond acceptors (Lipinski definition) is 7. The number of aryl methyl sites for hydroxylation is 2. The number of carbonyl (C=O) groups excluding carboxylic acids is 1. The van der Waals surface area contributed by atoms with Crippen LogP contribution in [0, 0.1) is 13.8 Å². The highest BCUT2D eigenvalue weighted by Gasteiger charge is 2.09. The second kappa shape index (κ2) is 7.77. The number of amides is 1. The lowest BCUT2D eigenvalue weighted by molar-refractivity contribution is -0.270. The minimum atomic E-state index is -0.252. The van der Waals surface area contributed by atoms with Gasteiger partial charge in [-0.2, -0.15) is 0 Å². The lowest BCUT2D eigenvalue weighted by Gasteiger charge is -2.26.